The van der Waals surface area contributed by atoms with Crippen LogP contribution in [-0.4, -0.2) is 0 Å². The van der Waals surface area contributed by atoms with Crippen molar-refractivity contribution in [3.05, 3.63) is 259 Å². The maximum absolute atomic E-state index is 6.75. The van der Waals surface area contributed by atoms with Crippen LogP contribution in [0.1, 0.15) is 22.3 Å². The molecular weight excluding hydrogens is 739 g/mol. The molecule has 0 atom stereocenters. The van der Waals surface area contributed by atoms with E-state index in [9.17, 15) is 0 Å². The van der Waals surface area contributed by atoms with Gasteiger partial charge >= 0.3 is 0 Å². The molecule has 10 aromatic carbocycles. The van der Waals surface area contributed by atoms with Gasteiger partial charge < -0.3 is 9.32 Å². The van der Waals surface area contributed by atoms with Gasteiger partial charge in [-0.1, -0.05) is 188 Å². The summed E-state index contributed by atoms with van der Waals surface area (Å²) >= 11 is 0. The van der Waals surface area contributed by atoms with E-state index in [1.807, 2.05) is 0 Å². The third kappa shape index (κ3) is 5.50. The number of hydrogen-bond acceptors (Lipinski definition) is 2. The summed E-state index contributed by atoms with van der Waals surface area (Å²) in [5.41, 5.74) is 16.5. The van der Waals surface area contributed by atoms with Crippen LogP contribution in [-0.2, 0) is 5.41 Å². The van der Waals surface area contributed by atoms with Crippen LogP contribution in [0.4, 0.5) is 17.1 Å². The highest BCUT2D eigenvalue weighted by Crippen LogP contribution is 2.59. The number of anilines is 3. The molecule has 0 fully saturated rings. The van der Waals surface area contributed by atoms with Crippen molar-refractivity contribution in [1.82, 2.24) is 0 Å². The number of fused-ring (bicyclic) bond motifs is 8. The molecule has 2 heteroatoms. The Balaban J connectivity index is 1.17. The minimum absolute atomic E-state index is 0.564. The molecule has 0 bridgehead atoms. The summed E-state index contributed by atoms with van der Waals surface area (Å²) in [6.07, 6.45) is 0. The SMILES string of the molecule is c1ccc(-c2ccc(N(c3ccc4c(c3)oc3ccc5ccccc5c34)c3cc4c(cc3-c3ccccc3)-c3ccccc3C4(c3ccccc3)c3ccccc3)cc2)cc1. The lowest BCUT2D eigenvalue weighted by Gasteiger charge is -2.35. The number of benzene rings is 10. The van der Waals surface area contributed by atoms with Gasteiger partial charge in [0.25, 0.3) is 0 Å². The fourth-order valence-corrected chi connectivity index (χ4v) is 10.0. The van der Waals surface area contributed by atoms with Gasteiger partial charge in [-0.3, -0.25) is 0 Å². The van der Waals surface area contributed by atoms with Gasteiger partial charge in [0.1, 0.15) is 11.2 Å². The predicted molar refractivity (Wildman–Crippen MR) is 254 cm³/mol. The van der Waals surface area contributed by atoms with Gasteiger partial charge in [0, 0.05) is 33.8 Å². The van der Waals surface area contributed by atoms with Crippen molar-refractivity contribution in [2.75, 3.05) is 4.90 Å². The number of hydrogen-bond donors (Lipinski definition) is 0. The first-order valence-corrected chi connectivity index (χ1v) is 21.0. The molecule has 12 rings (SSSR count). The Labute approximate surface area is 355 Å². The second-order valence-electron chi connectivity index (χ2n) is 16.0. The highest BCUT2D eigenvalue weighted by molar-refractivity contribution is 6.19. The average molecular weight is 778 g/mol. The zero-order chi connectivity index (χ0) is 40.3. The van der Waals surface area contributed by atoms with Crippen LogP contribution < -0.4 is 4.90 Å². The Morgan fingerprint density at radius 1 is 0.344 bits per heavy atom. The average Bonchev–Trinajstić information content (AvgIpc) is 3.86. The van der Waals surface area contributed by atoms with Crippen molar-refractivity contribution in [2.24, 2.45) is 0 Å². The molecule has 1 aliphatic rings. The Hall–Kier alpha value is -7.94. The molecule has 1 heterocycles. The van der Waals surface area contributed by atoms with Crippen LogP contribution >= 0.6 is 0 Å². The molecule has 286 valence electrons. The summed E-state index contributed by atoms with van der Waals surface area (Å²) in [6.45, 7) is 0. The maximum Gasteiger partial charge on any atom is 0.137 e. The fourth-order valence-electron chi connectivity index (χ4n) is 10.0. The maximum atomic E-state index is 6.75. The van der Waals surface area contributed by atoms with E-state index in [1.54, 1.807) is 0 Å². The highest BCUT2D eigenvalue weighted by atomic mass is 16.3. The van der Waals surface area contributed by atoms with E-state index < -0.39 is 5.41 Å². The minimum atomic E-state index is -0.564. The summed E-state index contributed by atoms with van der Waals surface area (Å²) < 4.78 is 6.75. The lowest BCUT2D eigenvalue weighted by atomic mass is 9.67. The molecular formula is C59H39NO. The van der Waals surface area contributed by atoms with Crippen molar-refractivity contribution < 1.29 is 4.42 Å². The second kappa shape index (κ2) is 14.1. The third-order valence-electron chi connectivity index (χ3n) is 12.7. The molecule has 1 aliphatic carbocycles. The van der Waals surface area contributed by atoms with Gasteiger partial charge in [0.05, 0.1) is 11.1 Å². The van der Waals surface area contributed by atoms with Crippen LogP contribution in [0.25, 0.3) is 66.1 Å². The Morgan fingerprint density at radius 2 is 0.934 bits per heavy atom. The van der Waals surface area contributed by atoms with Gasteiger partial charge in [0.15, 0.2) is 0 Å². The van der Waals surface area contributed by atoms with Crippen LogP contribution in [0, 0.1) is 0 Å². The van der Waals surface area contributed by atoms with Crippen LogP contribution in [0.15, 0.2) is 241 Å². The summed E-state index contributed by atoms with van der Waals surface area (Å²) in [4.78, 5) is 2.44. The Kier molecular flexibility index (Phi) is 8.11. The van der Waals surface area contributed by atoms with Crippen molar-refractivity contribution in [2.45, 2.75) is 5.41 Å². The van der Waals surface area contributed by atoms with E-state index in [2.05, 4.69) is 241 Å². The molecule has 0 N–H and O–H groups in total. The van der Waals surface area contributed by atoms with Crippen molar-refractivity contribution in [1.29, 1.82) is 0 Å². The zero-order valence-electron chi connectivity index (χ0n) is 33.4. The monoisotopic (exact) mass is 777 g/mol. The minimum Gasteiger partial charge on any atom is -0.456 e. The van der Waals surface area contributed by atoms with Crippen LogP contribution in [0.3, 0.4) is 0 Å². The quantitative estimate of drug-likeness (QED) is 0.160. The molecule has 61 heavy (non-hydrogen) atoms. The Morgan fingerprint density at radius 3 is 1.66 bits per heavy atom. The van der Waals surface area contributed by atoms with Crippen molar-refractivity contribution in [3.8, 4) is 33.4 Å². The fraction of sp³-hybridized carbons (Fsp3) is 0.0169. The van der Waals surface area contributed by atoms with E-state index in [0.717, 1.165) is 50.1 Å². The zero-order valence-corrected chi connectivity index (χ0v) is 33.4. The molecule has 0 radical (unpaired) electrons. The molecule has 2 nitrogen and oxygen atoms in total. The van der Waals surface area contributed by atoms with Crippen LogP contribution in [0.2, 0.25) is 0 Å². The predicted octanol–water partition coefficient (Wildman–Crippen LogP) is 15.9. The summed E-state index contributed by atoms with van der Waals surface area (Å²) in [5.74, 6) is 0. The lowest BCUT2D eigenvalue weighted by molar-refractivity contribution is 0.669. The molecule has 11 aromatic rings. The molecule has 0 amide bonds. The number of nitrogens with zero attached hydrogens (tertiary/aromatic N) is 1. The van der Waals surface area contributed by atoms with Gasteiger partial charge in [-0.25, -0.2) is 0 Å². The summed E-state index contributed by atoms with van der Waals surface area (Å²) in [5, 5.41) is 4.65. The molecule has 0 saturated carbocycles. The largest absolute Gasteiger partial charge is 0.456 e. The van der Waals surface area contributed by atoms with E-state index >= 15 is 0 Å². The molecule has 0 unspecified atom stereocenters. The van der Waals surface area contributed by atoms with Gasteiger partial charge in [-0.15, -0.1) is 0 Å². The number of furan rings is 1. The summed E-state index contributed by atoms with van der Waals surface area (Å²) in [6, 6.07) is 86.1. The first-order valence-electron chi connectivity index (χ1n) is 21.0. The topological polar surface area (TPSA) is 16.4 Å². The normalized spacial score (nSPS) is 12.7. The van der Waals surface area contributed by atoms with E-state index in [1.165, 1.54) is 55.3 Å². The molecule has 0 saturated heterocycles. The van der Waals surface area contributed by atoms with Gasteiger partial charge in [-0.05, 0) is 103 Å². The second-order valence-corrected chi connectivity index (χ2v) is 16.0. The lowest BCUT2D eigenvalue weighted by Crippen LogP contribution is -2.28. The van der Waals surface area contributed by atoms with Gasteiger partial charge in [0.2, 0.25) is 0 Å². The first kappa shape index (κ1) is 35.0. The molecule has 0 spiro atoms. The summed E-state index contributed by atoms with van der Waals surface area (Å²) in [7, 11) is 0. The van der Waals surface area contributed by atoms with Crippen molar-refractivity contribution in [3.63, 3.8) is 0 Å². The van der Waals surface area contributed by atoms with E-state index in [-0.39, 0.29) is 0 Å². The van der Waals surface area contributed by atoms with Gasteiger partial charge in [-0.2, -0.15) is 0 Å². The van der Waals surface area contributed by atoms with Crippen LogP contribution in [0.5, 0.6) is 0 Å². The smallest absolute Gasteiger partial charge is 0.137 e. The number of rotatable bonds is 7. The first-order chi connectivity index (χ1) is 30.3. The van der Waals surface area contributed by atoms with E-state index in [4.69, 9.17) is 4.42 Å². The van der Waals surface area contributed by atoms with E-state index in [0.29, 0.717) is 0 Å². The highest BCUT2D eigenvalue weighted by Gasteiger charge is 2.46. The standard InChI is InChI=1S/C59H39NO/c1-5-17-40(18-6-1)41-29-32-46(33-30-41)60(47-34-35-50-57(37-47)61-56-36-31-43-21-13-14-26-48(43)58(50)56)55-39-54-52(38-51(55)42-19-7-2-8-20-42)49-27-15-16-28-53(49)59(54,44-22-9-3-10-23-44)45-24-11-4-12-25-45/h1-39H. The van der Waals surface area contributed by atoms with Crippen molar-refractivity contribution >= 4 is 49.8 Å². The third-order valence-corrected chi connectivity index (χ3v) is 12.7. The Bertz CT molecular complexity index is 3350. The molecule has 0 aliphatic heterocycles. The molecule has 1 aromatic heterocycles.